The number of aromatic nitrogens is 1. The third kappa shape index (κ3) is 3.26. The Morgan fingerprint density at radius 1 is 1.22 bits per heavy atom. The van der Waals surface area contributed by atoms with E-state index in [1.165, 1.54) is 25.2 Å². The maximum Gasteiger partial charge on any atom is 0.354 e. The number of sulfonamides is 1. The van der Waals surface area contributed by atoms with Gasteiger partial charge >= 0.3 is 5.97 Å². The van der Waals surface area contributed by atoms with E-state index in [-0.39, 0.29) is 22.1 Å². The third-order valence-corrected chi connectivity index (χ3v) is 4.76. The minimum absolute atomic E-state index is 0.0803. The minimum Gasteiger partial charge on any atom is -0.477 e. The van der Waals surface area contributed by atoms with Crippen LogP contribution in [-0.2, 0) is 10.0 Å². The molecule has 0 saturated carbocycles. The summed E-state index contributed by atoms with van der Waals surface area (Å²) in [4.78, 5) is 24.4. The van der Waals surface area contributed by atoms with Crippen LogP contribution in [0.3, 0.4) is 0 Å². The number of carbonyl (C=O) groups is 1. The highest BCUT2D eigenvalue weighted by Crippen LogP contribution is 2.22. The molecule has 120 valence electrons. The number of hydrogen-bond donors (Lipinski definition) is 1. The first-order valence-electron chi connectivity index (χ1n) is 6.17. The highest BCUT2D eigenvalue weighted by molar-refractivity contribution is 7.92. The van der Waals surface area contributed by atoms with Crippen LogP contribution in [0.1, 0.15) is 10.5 Å². The lowest BCUT2D eigenvalue weighted by Crippen LogP contribution is -2.27. The van der Waals surface area contributed by atoms with Crippen LogP contribution in [0.25, 0.3) is 0 Å². The predicted octanol–water partition coefficient (Wildman–Crippen LogP) is 1.51. The van der Waals surface area contributed by atoms with E-state index in [0.717, 1.165) is 28.6 Å². The molecule has 0 fully saturated rings. The van der Waals surface area contributed by atoms with Crippen molar-refractivity contribution in [2.75, 3.05) is 11.4 Å². The molecule has 1 N–H and O–H groups in total. The van der Waals surface area contributed by atoms with Gasteiger partial charge < -0.3 is 5.11 Å². The Balaban J connectivity index is 2.40. The first-order chi connectivity index (χ1) is 10.7. The van der Waals surface area contributed by atoms with Gasteiger partial charge in [-0.3, -0.25) is 14.4 Å². The molecule has 0 radical (unpaired) electrons. The highest BCUT2D eigenvalue weighted by atomic mass is 32.2. The van der Waals surface area contributed by atoms with E-state index in [1.807, 2.05) is 0 Å². The molecule has 2 rings (SSSR count). The van der Waals surface area contributed by atoms with Crippen LogP contribution in [0, 0.1) is 10.1 Å². The van der Waals surface area contributed by atoms with Gasteiger partial charge in [0.1, 0.15) is 5.82 Å². The molecule has 1 aromatic heterocycles. The van der Waals surface area contributed by atoms with Crippen molar-refractivity contribution >= 4 is 27.5 Å². The van der Waals surface area contributed by atoms with Gasteiger partial charge in [0.2, 0.25) is 0 Å². The van der Waals surface area contributed by atoms with Crippen molar-refractivity contribution < 1.29 is 23.2 Å². The summed E-state index contributed by atoms with van der Waals surface area (Å²) in [6.07, 6.45) is 0. The first kappa shape index (κ1) is 16.4. The molecular formula is C13H11N3O6S. The molecule has 0 saturated heterocycles. The number of hydrogen-bond acceptors (Lipinski definition) is 6. The highest BCUT2D eigenvalue weighted by Gasteiger charge is 2.23. The third-order valence-electron chi connectivity index (χ3n) is 2.98. The Morgan fingerprint density at radius 3 is 2.35 bits per heavy atom. The second-order valence-electron chi connectivity index (χ2n) is 4.41. The Morgan fingerprint density at radius 2 is 1.83 bits per heavy atom. The maximum atomic E-state index is 12.5. The predicted molar refractivity (Wildman–Crippen MR) is 79.9 cm³/mol. The fourth-order valence-electron chi connectivity index (χ4n) is 1.74. The monoisotopic (exact) mass is 337 g/mol. The molecule has 2 aromatic rings. The van der Waals surface area contributed by atoms with E-state index in [4.69, 9.17) is 5.11 Å². The number of anilines is 1. The van der Waals surface area contributed by atoms with Crippen molar-refractivity contribution in [3.8, 4) is 0 Å². The summed E-state index contributed by atoms with van der Waals surface area (Å²) in [5.74, 6) is -1.36. The van der Waals surface area contributed by atoms with E-state index in [0.29, 0.717) is 0 Å². The molecule has 0 aliphatic rings. The van der Waals surface area contributed by atoms with E-state index in [1.54, 1.807) is 0 Å². The smallest absolute Gasteiger partial charge is 0.354 e. The van der Waals surface area contributed by atoms with Gasteiger partial charge in [-0.05, 0) is 24.3 Å². The number of aromatic carboxylic acids is 1. The van der Waals surface area contributed by atoms with Crippen LogP contribution < -0.4 is 4.31 Å². The van der Waals surface area contributed by atoms with Crippen LogP contribution >= 0.6 is 0 Å². The number of pyridine rings is 1. The largest absolute Gasteiger partial charge is 0.477 e. The zero-order chi connectivity index (χ0) is 17.2. The van der Waals surface area contributed by atoms with Crippen molar-refractivity contribution in [2.45, 2.75) is 4.90 Å². The van der Waals surface area contributed by atoms with Crippen molar-refractivity contribution in [3.05, 3.63) is 58.3 Å². The van der Waals surface area contributed by atoms with Gasteiger partial charge in [-0.25, -0.2) is 18.2 Å². The fraction of sp³-hybridized carbons (Fsp3) is 0.0769. The van der Waals surface area contributed by atoms with Gasteiger partial charge in [-0.15, -0.1) is 0 Å². The lowest BCUT2D eigenvalue weighted by atomic mass is 10.3. The molecule has 23 heavy (non-hydrogen) atoms. The van der Waals surface area contributed by atoms with E-state index in [9.17, 15) is 23.3 Å². The number of nitro benzene ring substituents is 1. The van der Waals surface area contributed by atoms with Crippen LogP contribution in [-0.4, -0.2) is 36.4 Å². The van der Waals surface area contributed by atoms with E-state index >= 15 is 0 Å². The van der Waals surface area contributed by atoms with Gasteiger partial charge in [-0.2, -0.15) is 0 Å². The number of benzene rings is 1. The molecule has 0 aliphatic heterocycles. The maximum absolute atomic E-state index is 12.5. The molecule has 0 spiro atoms. The van der Waals surface area contributed by atoms with E-state index in [2.05, 4.69) is 4.98 Å². The summed E-state index contributed by atoms with van der Waals surface area (Å²) in [5, 5.41) is 19.5. The molecule has 0 atom stereocenters. The minimum atomic E-state index is -4.02. The molecule has 10 heteroatoms. The quantitative estimate of drug-likeness (QED) is 0.646. The normalized spacial score (nSPS) is 11.0. The molecule has 0 bridgehead atoms. The lowest BCUT2D eigenvalue weighted by Gasteiger charge is -2.18. The van der Waals surface area contributed by atoms with Crippen molar-refractivity contribution in [1.82, 2.24) is 4.98 Å². The van der Waals surface area contributed by atoms with Gasteiger partial charge in [0.25, 0.3) is 15.7 Å². The Hall–Kier alpha value is -3.01. The Labute approximate surface area is 131 Å². The first-order valence-corrected chi connectivity index (χ1v) is 7.61. The summed E-state index contributed by atoms with van der Waals surface area (Å²) in [6.45, 7) is 0. The molecule has 1 aromatic carbocycles. The number of rotatable bonds is 5. The molecule has 1 heterocycles. The van der Waals surface area contributed by atoms with Crippen molar-refractivity contribution in [2.24, 2.45) is 0 Å². The summed E-state index contributed by atoms with van der Waals surface area (Å²) in [6, 6.07) is 8.29. The van der Waals surface area contributed by atoms with E-state index < -0.39 is 20.9 Å². The standard InChI is InChI=1S/C13H11N3O6S/c1-15(12-4-2-3-11(14-12)13(17)18)23(21,22)10-7-5-9(6-8-10)16(19)20/h2-8H,1H3,(H,17,18). The molecule has 0 amide bonds. The Bertz CT molecular complexity index is 864. The van der Waals surface area contributed by atoms with Crippen LogP contribution in [0.15, 0.2) is 47.4 Å². The summed E-state index contributed by atoms with van der Waals surface area (Å²) < 4.78 is 25.7. The average molecular weight is 337 g/mol. The number of carboxylic acid groups (broad SMARTS) is 1. The zero-order valence-corrected chi connectivity index (χ0v) is 12.6. The number of nitro groups is 1. The van der Waals surface area contributed by atoms with Gasteiger partial charge in [0.05, 0.1) is 9.82 Å². The Kier molecular flexibility index (Phi) is 4.27. The number of non-ortho nitro benzene ring substituents is 1. The lowest BCUT2D eigenvalue weighted by molar-refractivity contribution is -0.384. The molecule has 0 aliphatic carbocycles. The van der Waals surface area contributed by atoms with Crippen LogP contribution in [0.5, 0.6) is 0 Å². The SMILES string of the molecule is CN(c1cccc(C(=O)O)n1)S(=O)(=O)c1ccc([N+](=O)[O-])cc1. The van der Waals surface area contributed by atoms with Gasteiger partial charge in [-0.1, -0.05) is 6.07 Å². The number of carboxylic acids is 1. The summed E-state index contributed by atoms with van der Waals surface area (Å²) in [5.41, 5.74) is -0.536. The van der Waals surface area contributed by atoms with Crippen LogP contribution in [0.4, 0.5) is 11.5 Å². The van der Waals surface area contributed by atoms with Crippen molar-refractivity contribution in [3.63, 3.8) is 0 Å². The summed E-state index contributed by atoms with van der Waals surface area (Å²) >= 11 is 0. The zero-order valence-electron chi connectivity index (χ0n) is 11.8. The van der Waals surface area contributed by atoms with Gasteiger partial charge in [0.15, 0.2) is 5.69 Å². The average Bonchev–Trinajstić information content (AvgIpc) is 2.54. The second kappa shape index (κ2) is 6.01. The molecule has 0 unspecified atom stereocenters. The van der Waals surface area contributed by atoms with Crippen molar-refractivity contribution in [1.29, 1.82) is 0 Å². The molecular weight excluding hydrogens is 326 g/mol. The van der Waals surface area contributed by atoms with Crippen LogP contribution in [0.2, 0.25) is 0 Å². The summed E-state index contributed by atoms with van der Waals surface area (Å²) in [7, 11) is -2.81. The fourth-order valence-corrected chi connectivity index (χ4v) is 2.88. The number of nitrogens with zero attached hydrogens (tertiary/aromatic N) is 3. The molecule has 9 nitrogen and oxygen atoms in total. The topological polar surface area (TPSA) is 131 Å². The van der Waals surface area contributed by atoms with Gasteiger partial charge in [0, 0.05) is 19.2 Å². The second-order valence-corrected chi connectivity index (χ2v) is 6.38.